The van der Waals surface area contributed by atoms with Gasteiger partial charge in [0.05, 0.1) is 5.69 Å². The normalized spacial score (nSPS) is 27.8. The van der Waals surface area contributed by atoms with Gasteiger partial charge in [0, 0.05) is 5.92 Å². The van der Waals surface area contributed by atoms with E-state index in [1.807, 2.05) is 0 Å². The first kappa shape index (κ1) is 13.3. The summed E-state index contributed by atoms with van der Waals surface area (Å²) in [5, 5.41) is 7.87. The van der Waals surface area contributed by atoms with Gasteiger partial charge in [-0.05, 0) is 36.8 Å². The van der Waals surface area contributed by atoms with Crippen molar-refractivity contribution in [2.24, 2.45) is 22.9 Å². The Morgan fingerprint density at radius 3 is 2.55 bits per heavy atom. The van der Waals surface area contributed by atoms with Crippen molar-refractivity contribution in [3.05, 3.63) is 36.4 Å². The molecular weight excluding hydrogens is 276 g/mol. The van der Waals surface area contributed by atoms with Gasteiger partial charge in [0.1, 0.15) is 4.90 Å². The fraction of sp³-hybridized carbons (Fsp3) is 0.357. The smallest absolute Gasteiger partial charge is 0.240 e. The van der Waals surface area contributed by atoms with E-state index in [0.717, 1.165) is 12.8 Å². The van der Waals surface area contributed by atoms with Gasteiger partial charge in [-0.2, -0.15) is 0 Å². The summed E-state index contributed by atoms with van der Waals surface area (Å²) >= 11 is 0. The highest BCUT2D eigenvalue weighted by Crippen LogP contribution is 2.43. The third-order valence-corrected chi connectivity index (χ3v) is 5.04. The van der Waals surface area contributed by atoms with Gasteiger partial charge in [-0.3, -0.25) is 4.79 Å². The number of anilines is 1. The van der Waals surface area contributed by atoms with Crippen molar-refractivity contribution in [3.8, 4) is 0 Å². The summed E-state index contributed by atoms with van der Waals surface area (Å²) in [5.41, 5.74) is 0.256. The number of amides is 1. The fourth-order valence-electron chi connectivity index (χ4n) is 3.13. The summed E-state index contributed by atoms with van der Waals surface area (Å²) in [7, 11) is -3.84. The van der Waals surface area contributed by atoms with Crippen LogP contribution in [0.1, 0.15) is 12.8 Å². The molecular formula is C14H16N2O3S. The van der Waals surface area contributed by atoms with E-state index < -0.39 is 10.0 Å². The number of nitrogens with two attached hydrogens (primary N) is 1. The van der Waals surface area contributed by atoms with Crippen LogP contribution in [-0.4, -0.2) is 14.3 Å². The van der Waals surface area contributed by atoms with Crippen LogP contribution in [0.4, 0.5) is 5.69 Å². The maximum atomic E-state index is 12.3. The molecule has 0 aliphatic heterocycles. The molecule has 20 heavy (non-hydrogen) atoms. The molecule has 1 amide bonds. The van der Waals surface area contributed by atoms with Crippen LogP contribution in [0, 0.1) is 17.8 Å². The molecule has 3 rings (SSSR count). The van der Waals surface area contributed by atoms with E-state index in [0.29, 0.717) is 5.92 Å². The first-order chi connectivity index (χ1) is 9.45. The summed E-state index contributed by atoms with van der Waals surface area (Å²) in [4.78, 5) is 12.3. The minimum atomic E-state index is -3.84. The molecule has 2 aliphatic rings. The van der Waals surface area contributed by atoms with Crippen LogP contribution in [-0.2, 0) is 14.8 Å². The van der Waals surface area contributed by atoms with E-state index in [-0.39, 0.29) is 28.3 Å². The number of hydrogen-bond acceptors (Lipinski definition) is 3. The quantitative estimate of drug-likeness (QED) is 0.827. The van der Waals surface area contributed by atoms with E-state index in [9.17, 15) is 13.2 Å². The lowest BCUT2D eigenvalue weighted by Gasteiger charge is -2.18. The third kappa shape index (κ3) is 2.36. The van der Waals surface area contributed by atoms with Crippen LogP contribution in [0.15, 0.2) is 41.3 Å². The van der Waals surface area contributed by atoms with Crippen LogP contribution in [0.3, 0.4) is 0 Å². The maximum Gasteiger partial charge on any atom is 0.240 e. The van der Waals surface area contributed by atoms with Gasteiger partial charge < -0.3 is 5.32 Å². The number of primary sulfonamides is 1. The Labute approximate surface area is 117 Å². The van der Waals surface area contributed by atoms with E-state index in [2.05, 4.69) is 17.5 Å². The summed E-state index contributed by atoms with van der Waals surface area (Å²) in [6.07, 6.45) is 6.11. The van der Waals surface area contributed by atoms with Crippen molar-refractivity contribution < 1.29 is 13.2 Å². The Hall–Kier alpha value is -1.66. The zero-order chi connectivity index (χ0) is 14.3. The molecule has 0 aromatic heterocycles. The van der Waals surface area contributed by atoms with Gasteiger partial charge in [0.2, 0.25) is 15.9 Å². The Morgan fingerprint density at radius 1 is 1.20 bits per heavy atom. The molecule has 1 aromatic carbocycles. The van der Waals surface area contributed by atoms with Crippen molar-refractivity contribution >= 4 is 21.6 Å². The number of para-hydroxylation sites is 1. The number of benzene rings is 1. The summed E-state index contributed by atoms with van der Waals surface area (Å²) in [6, 6.07) is 6.20. The Morgan fingerprint density at radius 2 is 1.95 bits per heavy atom. The summed E-state index contributed by atoms with van der Waals surface area (Å²) in [5.74, 6) is 0.572. The Balaban J connectivity index is 1.82. The highest BCUT2D eigenvalue weighted by Gasteiger charge is 2.39. The van der Waals surface area contributed by atoms with Gasteiger partial charge in [0.15, 0.2) is 0 Å². The predicted octanol–water partition coefficient (Wildman–Crippen LogP) is 1.48. The second-order valence-corrected chi connectivity index (χ2v) is 6.95. The molecule has 106 valence electrons. The van der Waals surface area contributed by atoms with Gasteiger partial charge >= 0.3 is 0 Å². The molecule has 0 radical (unpaired) electrons. The van der Waals surface area contributed by atoms with Crippen molar-refractivity contribution in [3.63, 3.8) is 0 Å². The molecule has 2 bridgehead atoms. The second kappa shape index (κ2) is 4.71. The molecule has 3 N–H and O–H groups in total. The lowest BCUT2D eigenvalue weighted by Crippen LogP contribution is -2.27. The number of carbonyl (C=O) groups is 1. The molecule has 6 heteroatoms. The zero-order valence-corrected chi connectivity index (χ0v) is 11.6. The van der Waals surface area contributed by atoms with Crippen molar-refractivity contribution in [1.82, 2.24) is 0 Å². The largest absolute Gasteiger partial charge is 0.325 e. The van der Waals surface area contributed by atoms with E-state index in [1.54, 1.807) is 18.2 Å². The van der Waals surface area contributed by atoms with Gasteiger partial charge in [-0.15, -0.1) is 0 Å². The minimum absolute atomic E-state index is 0.0490. The first-order valence-corrected chi connectivity index (χ1v) is 8.11. The van der Waals surface area contributed by atoms with Crippen molar-refractivity contribution in [2.45, 2.75) is 17.7 Å². The molecule has 1 fully saturated rings. The highest BCUT2D eigenvalue weighted by atomic mass is 32.2. The third-order valence-electron chi connectivity index (χ3n) is 4.07. The topological polar surface area (TPSA) is 89.3 Å². The number of allylic oxidation sites excluding steroid dienone is 2. The van der Waals surface area contributed by atoms with E-state index in [4.69, 9.17) is 5.14 Å². The molecule has 3 unspecified atom stereocenters. The molecule has 5 nitrogen and oxygen atoms in total. The van der Waals surface area contributed by atoms with Crippen molar-refractivity contribution in [2.75, 3.05) is 5.32 Å². The Kier molecular flexibility index (Phi) is 3.14. The molecule has 1 saturated carbocycles. The highest BCUT2D eigenvalue weighted by molar-refractivity contribution is 7.89. The number of carbonyl (C=O) groups excluding carboxylic acids is 1. The minimum Gasteiger partial charge on any atom is -0.325 e. The molecule has 0 saturated heterocycles. The molecule has 3 atom stereocenters. The average Bonchev–Trinajstić information content (AvgIpc) is 3.00. The molecule has 0 heterocycles. The second-order valence-electron chi connectivity index (χ2n) is 5.42. The fourth-order valence-corrected chi connectivity index (χ4v) is 3.82. The van der Waals surface area contributed by atoms with Gasteiger partial charge in [-0.1, -0.05) is 24.3 Å². The average molecular weight is 292 g/mol. The number of fused-ring (bicyclic) bond motifs is 2. The monoisotopic (exact) mass is 292 g/mol. The van der Waals surface area contributed by atoms with Crippen LogP contribution >= 0.6 is 0 Å². The molecule has 0 spiro atoms. The Bertz CT molecular complexity index is 681. The first-order valence-electron chi connectivity index (χ1n) is 6.56. The van der Waals surface area contributed by atoms with Gasteiger partial charge in [-0.25, -0.2) is 13.6 Å². The number of hydrogen-bond donors (Lipinski definition) is 2. The van der Waals surface area contributed by atoms with Crippen LogP contribution in [0.5, 0.6) is 0 Å². The lowest BCUT2D eigenvalue weighted by molar-refractivity contribution is -0.120. The standard InChI is InChI=1S/C14H16N2O3S/c15-20(18,19)13-4-2-1-3-12(13)16-14(17)11-8-9-5-6-10(11)7-9/h1-6,9-11H,7-8H2,(H,16,17)(H2,15,18,19). The summed E-state index contributed by atoms with van der Waals surface area (Å²) in [6.45, 7) is 0. The molecule has 2 aliphatic carbocycles. The van der Waals surface area contributed by atoms with Crippen LogP contribution in [0.2, 0.25) is 0 Å². The van der Waals surface area contributed by atoms with E-state index in [1.165, 1.54) is 6.07 Å². The number of nitrogens with one attached hydrogen (secondary N) is 1. The zero-order valence-electron chi connectivity index (χ0n) is 10.8. The number of sulfonamides is 1. The number of rotatable bonds is 3. The predicted molar refractivity (Wildman–Crippen MR) is 75.3 cm³/mol. The SMILES string of the molecule is NS(=O)(=O)c1ccccc1NC(=O)C1CC2C=CC1C2. The summed E-state index contributed by atoms with van der Waals surface area (Å²) < 4.78 is 23.0. The van der Waals surface area contributed by atoms with E-state index >= 15 is 0 Å². The van der Waals surface area contributed by atoms with Gasteiger partial charge in [0.25, 0.3) is 0 Å². The van der Waals surface area contributed by atoms with Crippen LogP contribution in [0.25, 0.3) is 0 Å². The lowest BCUT2D eigenvalue weighted by atomic mass is 9.93. The van der Waals surface area contributed by atoms with Crippen molar-refractivity contribution in [1.29, 1.82) is 0 Å². The molecule has 1 aromatic rings. The van der Waals surface area contributed by atoms with Crippen LogP contribution < -0.4 is 10.5 Å². The maximum absolute atomic E-state index is 12.3.